The third-order valence-electron chi connectivity index (χ3n) is 5.15. The van der Waals surface area contributed by atoms with E-state index in [-0.39, 0.29) is 12.6 Å². The minimum atomic E-state index is -0.126. The summed E-state index contributed by atoms with van der Waals surface area (Å²) in [5, 5.41) is 0. The number of ketones is 1. The van der Waals surface area contributed by atoms with Gasteiger partial charge in [0.2, 0.25) is 6.79 Å². The number of hydrogen-bond acceptors (Lipinski definition) is 5. The summed E-state index contributed by atoms with van der Waals surface area (Å²) in [5.74, 6) is 1.61. The number of piperidine rings is 1. The monoisotopic (exact) mass is 457 g/mol. The van der Waals surface area contributed by atoms with E-state index in [1.54, 1.807) is 24.3 Å². The van der Waals surface area contributed by atoms with Crippen LogP contribution in [0.15, 0.2) is 46.9 Å². The normalized spacial score (nSPS) is 16.3. The highest BCUT2D eigenvalue weighted by molar-refractivity contribution is 9.10. The molecule has 0 aliphatic carbocycles. The zero-order valence-corrected chi connectivity index (χ0v) is 17.8. The Kier molecular flexibility index (Phi) is 6.52. The number of halogens is 1. The number of allylic oxidation sites excluding steroid dienone is 1. The van der Waals surface area contributed by atoms with E-state index in [9.17, 15) is 4.79 Å². The lowest BCUT2D eigenvalue weighted by Crippen LogP contribution is -2.33. The molecule has 0 atom stereocenters. The lowest BCUT2D eigenvalue weighted by atomic mass is 10.1. The zero-order valence-electron chi connectivity index (χ0n) is 16.2. The standard InChI is InChI=1S/C23H24BrNO4/c24-18-7-4-17(5-8-18)6-9-20(26)19-14-22-23(29-16-28-22)15-21(19)27-13-12-25-10-2-1-3-11-25/h4-9,14-15H,1-3,10-13,16H2. The Morgan fingerprint density at radius 1 is 1.07 bits per heavy atom. The van der Waals surface area contributed by atoms with Gasteiger partial charge in [0, 0.05) is 17.1 Å². The molecule has 0 N–H and O–H groups in total. The molecule has 2 aliphatic rings. The topological polar surface area (TPSA) is 48.0 Å². The summed E-state index contributed by atoms with van der Waals surface area (Å²) in [6.45, 7) is 3.79. The van der Waals surface area contributed by atoms with Crippen molar-refractivity contribution >= 4 is 27.8 Å². The first-order valence-electron chi connectivity index (χ1n) is 9.96. The minimum Gasteiger partial charge on any atom is -0.491 e. The van der Waals surface area contributed by atoms with Crippen LogP contribution in [0.1, 0.15) is 35.2 Å². The van der Waals surface area contributed by atoms with Gasteiger partial charge in [0.15, 0.2) is 17.3 Å². The molecule has 2 aromatic carbocycles. The molecule has 0 unspecified atom stereocenters. The van der Waals surface area contributed by atoms with Crippen LogP contribution in [-0.4, -0.2) is 43.7 Å². The summed E-state index contributed by atoms with van der Waals surface area (Å²) < 4.78 is 17.9. The van der Waals surface area contributed by atoms with Crippen molar-refractivity contribution in [1.29, 1.82) is 0 Å². The van der Waals surface area contributed by atoms with Crippen LogP contribution in [0.4, 0.5) is 0 Å². The molecule has 152 valence electrons. The molecule has 1 saturated heterocycles. The lowest BCUT2D eigenvalue weighted by Gasteiger charge is -2.26. The maximum Gasteiger partial charge on any atom is 0.231 e. The van der Waals surface area contributed by atoms with Crippen LogP contribution in [0.3, 0.4) is 0 Å². The summed E-state index contributed by atoms with van der Waals surface area (Å²) >= 11 is 3.42. The molecule has 0 amide bonds. The van der Waals surface area contributed by atoms with Crippen LogP contribution in [-0.2, 0) is 0 Å². The van der Waals surface area contributed by atoms with E-state index in [1.807, 2.05) is 24.3 Å². The molecule has 0 saturated carbocycles. The van der Waals surface area contributed by atoms with Crippen LogP contribution >= 0.6 is 15.9 Å². The SMILES string of the molecule is O=C(C=Cc1ccc(Br)cc1)c1cc2c(cc1OCCN1CCCCC1)OCO2. The van der Waals surface area contributed by atoms with Crippen LogP contribution in [0.25, 0.3) is 6.08 Å². The first-order chi connectivity index (χ1) is 14.2. The van der Waals surface area contributed by atoms with Gasteiger partial charge in [-0.1, -0.05) is 40.6 Å². The maximum absolute atomic E-state index is 12.9. The summed E-state index contributed by atoms with van der Waals surface area (Å²) in [5.41, 5.74) is 1.44. The van der Waals surface area contributed by atoms with E-state index >= 15 is 0 Å². The number of nitrogens with zero attached hydrogens (tertiary/aromatic N) is 1. The van der Waals surface area contributed by atoms with Gasteiger partial charge in [-0.15, -0.1) is 0 Å². The van der Waals surface area contributed by atoms with Gasteiger partial charge in [-0.05, 0) is 55.8 Å². The number of fused-ring (bicyclic) bond motifs is 1. The van der Waals surface area contributed by atoms with E-state index in [2.05, 4.69) is 20.8 Å². The van der Waals surface area contributed by atoms with Gasteiger partial charge in [0.25, 0.3) is 0 Å². The molecule has 0 spiro atoms. The largest absolute Gasteiger partial charge is 0.491 e. The molecule has 0 aromatic heterocycles. The molecule has 0 radical (unpaired) electrons. The third kappa shape index (κ3) is 5.19. The van der Waals surface area contributed by atoms with Crippen molar-refractivity contribution in [2.75, 3.05) is 33.0 Å². The third-order valence-corrected chi connectivity index (χ3v) is 5.68. The molecule has 5 nitrogen and oxygen atoms in total. The van der Waals surface area contributed by atoms with Gasteiger partial charge in [-0.25, -0.2) is 0 Å². The molecule has 1 fully saturated rings. The minimum absolute atomic E-state index is 0.126. The molecule has 2 aromatic rings. The smallest absolute Gasteiger partial charge is 0.231 e. The summed E-state index contributed by atoms with van der Waals surface area (Å²) in [7, 11) is 0. The highest BCUT2D eigenvalue weighted by Crippen LogP contribution is 2.38. The van der Waals surface area contributed by atoms with Gasteiger partial charge < -0.3 is 14.2 Å². The van der Waals surface area contributed by atoms with Crippen molar-refractivity contribution in [3.8, 4) is 17.2 Å². The second kappa shape index (κ2) is 9.46. The zero-order chi connectivity index (χ0) is 20.1. The first-order valence-corrected chi connectivity index (χ1v) is 10.7. The van der Waals surface area contributed by atoms with Gasteiger partial charge in [0.05, 0.1) is 5.56 Å². The summed E-state index contributed by atoms with van der Waals surface area (Å²) in [6.07, 6.45) is 7.17. The number of carbonyl (C=O) groups excluding carboxylic acids is 1. The Labute approximate surface area is 179 Å². The molecular formula is C23H24BrNO4. The van der Waals surface area contributed by atoms with E-state index in [1.165, 1.54) is 19.3 Å². The van der Waals surface area contributed by atoms with Crippen molar-refractivity contribution < 1.29 is 19.0 Å². The number of rotatable bonds is 7. The Morgan fingerprint density at radius 2 is 1.79 bits per heavy atom. The van der Waals surface area contributed by atoms with Crippen molar-refractivity contribution in [3.63, 3.8) is 0 Å². The number of likely N-dealkylation sites (tertiary alicyclic amines) is 1. The fourth-order valence-corrected chi connectivity index (χ4v) is 3.80. The fourth-order valence-electron chi connectivity index (χ4n) is 3.54. The van der Waals surface area contributed by atoms with Gasteiger partial charge in [0.1, 0.15) is 12.4 Å². The van der Waals surface area contributed by atoms with E-state index < -0.39 is 0 Å². The molecule has 0 bridgehead atoms. The van der Waals surface area contributed by atoms with Crippen LogP contribution in [0.5, 0.6) is 17.2 Å². The average Bonchev–Trinajstić information content (AvgIpc) is 3.21. The predicted octanol–water partition coefficient (Wildman–Crippen LogP) is 4.94. The van der Waals surface area contributed by atoms with Crippen molar-refractivity contribution in [2.45, 2.75) is 19.3 Å². The molecular weight excluding hydrogens is 434 g/mol. The average molecular weight is 458 g/mol. The predicted molar refractivity (Wildman–Crippen MR) is 116 cm³/mol. The Morgan fingerprint density at radius 3 is 2.55 bits per heavy atom. The number of ether oxygens (including phenoxy) is 3. The number of hydrogen-bond donors (Lipinski definition) is 0. The summed E-state index contributed by atoms with van der Waals surface area (Å²) in [4.78, 5) is 15.3. The van der Waals surface area contributed by atoms with Crippen molar-refractivity contribution in [2.24, 2.45) is 0 Å². The Balaban J connectivity index is 1.48. The van der Waals surface area contributed by atoms with Crippen LogP contribution in [0.2, 0.25) is 0 Å². The van der Waals surface area contributed by atoms with Crippen LogP contribution in [0, 0.1) is 0 Å². The van der Waals surface area contributed by atoms with E-state index in [4.69, 9.17) is 14.2 Å². The van der Waals surface area contributed by atoms with Gasteiger partial charge >= 0.3 is 0 Å². The van der Waals surface area contributed by atoms with Crippen molar-refractivity contribution in [3.05, 3.63) is 58.1 Å². The molecule has 6 heteroatoms. The number of benzene rings is 2. The number of carbonyl (C=O) groups is 1. The highest BCUT2D eigenvalue weighted by atomic mass is 79.9. The van der Waals surface area contributed by atoms with Gasteiger partial charge in [-0.3, -0.25) is 9.69 Å². The van der Waals surface area contributed by atoms with Gasteiger partial charge in [-0.2, -0.15) is 0 Å². The second-order valence-electron chi connectivity index (χ2n) is 7.20. The van der Waals surface area contributed by atoms with Crippen molar-refractivity contribution in [1.82, 2.24) is 4.90 Å². The molecule has 29 heavy (non-hydrogen) atoms. The highest BCUT2D eigenvalue weighted by Gasteiger charge is 2.21. The van der Waals surface area contributed by atoms with E-state index in [0.29, 0.717) is 29.4 Å². The Bertz CT molecular complexity index is 888. The lowest BCUT2D eigenvalue weighted by molar-refractivity contribution is 0.104. The first kappa shape index (κ1) is 20.0. The quantitative estimate of drug-likeness (QED) is 0.435. The fraction of sp³-hybridized carbons (Fsp3) is 0.348. The van der Waals surface area contributed by atoms with E-state index in [0.717, 1.165) is 29.7 Å². The molecule has 2 heterocycles. The summed E-state index contributed by atoms with van der Waals surface area (Å²) in [6, 6.07) is 11.3. The van der Waals surface area contributed by atoms with Crippen LogP contribution < -0.4 is 14.2 Å². The molecule has 2 aliphatic heterocycles. The Hall–Kier alpha value is -2.31. The maximum atomic E-state index is 12.9. The molecule has 4 rings (SSSR count). The second-order valence-corrected chi connectivity index (χ2v) is 8.12.